The molecule has 8 heteroatoms. The first kappa shape index (κ1) is 17.9. The van der Waals surface area contributed by atoms with E-state index in [0.717, 1.165) is 0 Å². The number of nitrogens with zero attached hydrogens (tertiary/aromatic N) is 3. The minimum Gasteiger partial charge on any atom is -0.465 e. The Bertz CT molecular complexity index is 933. The Morgan fingerprint density at radius 1 is 1.12 bits per heavy atom. The fraction of sp³-hybridized carbons (Fsp3) is 0.222. The molecule has 0 saturated carbocycles. The van der Waals surface area contributed by atoms with Crippen LogP contribution in [0.1, 0.15) is 11.3 Å². The van der Waals surface area contributed by atoms with E-state index in [2.05, 4.69) is 0 Å². The van der Waals surface area contributed by atoms with E-state index < -0.39 is 10.0 Å². The molecule has 1 aromatic heterocycles. The SMILES string of the molecule is N#Cc1ccc(S(=O)(=O)N2CCN(C(=O)/C=C/c3ccco3)CC2)cc1. The molecule has 1 aromatic carbocycles. The van der Waals surface area contributed by atoms with Crippen molar-refractivity contribution in [2.45, 2.75) is 4.90 Å². The second kappa shape index (κ2) is 7.56. The van der Waals surface area contributed by atoms with Crippen molar-refractivity contribution in [3.8, 4) is 6.07 Å². The van der Waals surface area contributed by atoms with Crippen LogP contribution in [0.4, 0.5) is 0 Å². The normalized spacial score (nSPS) is 15.9. The lowest BCUT2D eigenvalue weighted by molar-refractivity contribution is -0.127. The lowest BCUT2D eigenvalue weighted by Gasteiger charge is -2.33. The molecule has 3 rings (SSSR count). The molecule has 0 bridgehead atoms. The lowest BCUT2D eigenvalue weighted by atomic mass is 10.2. The summed E-state index contributed by atoms with van der Waals surface area (Å²) in [5, 5.41) is 8.81. The smallest absolute Gasteiger partial charge is 0.246 e. The number of piperazine rings is 1. The highest BCUT2D eigenvalue weighted by Crippen LogP contribution is 2.18. The molecule has 2 heterocycles. The van der Waals surface area contributed by atoms with Gasteiger partial charge in [-0.3, -0.25) is 4.79 Å². The quantitative estimate of drug-likeness (QED) is 0.763. The van der Waals surface area contributed by atoms with Crippen LogP contribution in [-0.2, 0) is 14.8 Å². The maximum atomic E-state index is 12.7. The Labute approximate surface area is 151 Å². The van der Waals surface area contributed by atoms with E-state index in [4.69, 9.17) is 9.68 Å². The minimum atomic E-state index is -3.63. The van der Waals surface area contributed by atoms with Crippen LogP contribution in [0.25, 0.3) is 6.08 Å². The number of hydrogen-bond donors (Lipinski definition) is 0. The average Bonchev–Trinajstić information content (AvgIpc) is 3.20. The van der Waals surface area contributed by atoms with Crippen LogP contribution in [0.5, 0.6) is 0 Å². The van der Waals surface area contributed by atoms with Crippen molar-refractivity contribution in [3.05, 3.63) is 60.1 Å². The number of carbonyl (C=O) groups is 1. The van der Waals surface area contributed by atoms with Crippen molar-refractivity contribution in [3.63, 3.8) is 0 Å². The zero-order chi connectivity index (χ0) is 18.6. The first-order valence-electron chi connectivity index (χ1n) is 8.01. The van der Waals surface area contributed by atoms with Gasteiger partial charge in [-0.15, -0.1) is 0 Å². The molecule has 2 aromatic rings. The fourth-order valence-corrected chi connectivity index (χ4v) is 4.07. The topological polar surface area (TPSA) is 94.6 Å². The molecule has 0 N–H and O–H groups in total. The molecule has 1 saturated heterocycles. The van der Waals surface area contributed by atoms with E-state index >= 15 is 0 Å². The summed E-state index contributed by atoms with van der Waals surface area (Å²) >= 11 is 0. The number of furan rings is 1. The van der Waals surface area contributed by atoms with Crippen molar-refractivity contribution < 1.29 is 17.6 Å². The monoisotopic (exact) mass is 371 g/mol. The third-order valence-corrected chi connectivity index (χ3v) is 6.02. The molecule has 1 aliphatic rings. The molecule has 0 atom stereocenters. The van der Waals surface area contributed by atoms with Crippen LogP contribution in [0, 0.1) is 11.3 Å². The summed E-state index contributed by atoms with van der Waals surface area (Å²) in [7, 11) is -3.63. The van der Waals surface area contributed by atoms with Crippen molar-refractivity contribution >= 4 is 22.0 Å². The average molecular weight is 371 g/mol. The largest absolute Gasteiger partial charge is 0.465 e. The van der Waals surface area contributed by atoms with Crippen LogP contribution in [0.3, 0.4) is 0 Å². The van der Waals surface area contributed by atoms with Gasteiger partial charge in [-0.2, -0.15) is 9.57 Å². The maximum absolute atomic E-state index is 12.7. The van der Waals surface area contributed by atoms with Gasteiger partial charge >= 0.3 is 0 Å². The van der Waals surface area contributed by atoms with Gasteiger partial charge in [0.05, 0.1) is 22.8 Å². The predicted molar refractivity (Wildman–Crippen MR) is 94.2 cm³/mol. The van der Waals surface area contributed by atoms with Crippen molar-refractivity contribution in [1.82, 2.24) is 9.21 Å². The second-order valence-corrected chi connectivity index (χ2v) is 7.65. The Hall–Kier alpha value is -2.89. The Balaban J connectivity index is 1.62. The molecule has 0 spiro atoms. The molecule has 26 heavy (non-hydrogen) atoms. The summed E-state index contributed by atoms with van der Waals surface area (Å²) in [5.41, 5.74) is 0.405. The van der Waals surface area contributed by atoms with Gasteiger partial charge in [0.2, 0.25) is 15.9 Å². The van der Waals surface area contributed by atoms with Crippen molar-refractivity contribution in [2.75, 3.05) is 26.2 Å². The highest BCUT2D eigenvalue weighted by Gasteiger charge is 2.29. The molecule has 0 aliphatic carbocycles. The van der Waals surface area contributed by atoms with Crippen LogP contribution in [-0.4, -0.2) is 49.7 Å². The first-order valence-corrected chi connectivity index (χ1v) is 9.45. The van der Waals surface area contributed by atoms with Gasteiger partial charge in [0.1, 0.15) is 5.76 Å². The number of nitriles is 1. The summed E-state index contributed by atoms with van der Waals surface area (Å²) < 4.78 is 31.8. The highest BCUT2D eigenvalue weighted by atomic mass is 32.2. The lowest BCUT2D eigenvalue weighted by Crippen LogP contribution is -2.50. The van der Waals surface area contributed by atoms with Crippen molar-refractivity contribution in [2.24, 2.45) is 0 Å². The number of amides is 1. The maximum Gasteiger partial charge on any atom is 0.246 e. The van der Waals surface area contributed by atoms with Gasteiger partial charge in [-0.05, 0) is 42.5 Å². The number of rotatable bonds is 4. The van der Waals surface area contributed by atoms with Crippen molar-refractivity contribution in [1.29, 1.82) is 5.26 Å². The van der Waals surface area contributed by atoms with Crippen LogP contribution in [0.15, 0.2) is 58.1 Å². The van der Waals surface area contributed by atoms with Gasteiger partial charge < -0.3 is 9.32 Å². The highest BCUT2D eigenvalue weighted by molar-refractivity contribution is 7.89. The molecule has 0 radical (unpaired) electrons. The molecule has 134 valence electrons. The fourth-order valence-electron chi connectivity index (χ4n) is 2.64. The third-order valence-electron chi connectivity index (χ3n) is 4.10. The van der Waals surface area contributed by atoms with E-state index in [9.17, 15) is 13.2 Å². The summed E-state index contributed by atoms with van der Waals surface area (Å²) in [6, 6.07) is 11.2. The van der Waals surface area contributed by atoms with E-state index in [1.807, 2.05) is 6.07 Å². The summed E-state index contributed by atoms with van der Waals surface area (Å²) in [4.78, 5) is 13.9. The van der Waals surface area contributed by atoms with E-state index in [-0.39, 0.29) is 23.9 Å². The van der Waals surface area contributed by atoms with E-state index in [1.165, 1.54) is 40.9 Å². The summed E-state index contributed by atoms with van der Waals surface area (Å²) in [6.45, 7) is 1.08. The molecule has 7 nitrogen and oxygen atoms in total. The summed E-state index contributed by atoms with van der Waals surface area (Å²) in [5.74, 6) is 0.400. The number of hydrogen-bond acceptors (Lipinski definition) is 5. The van der Waals surface area contributed by atoms with Gasteiger partial charge in [-0.25, -0.2) is 8.42 Å². The van der Waals surface area contributed by atoms with Gasteiger partial charge in [0, 0.05) is 32.3 Å². The molecule has 1 aliphatic heterocycles. The standard InChI is InChI=1S/C18H17N3O4S/c19-14-15-3-6-17(7-4-15)26(23,24)21-11-9-20(10-12-21)18(22)8-5-16-2-1-13-25-16/h1-8,13H,9-12H2/b8-5+. The molecule has 1 amide bonds. The van der Waals surface area contributed by atoms with E-state index in [1.54, 1.807) is 23.1 Å². The van der Waals surface area contributed by atoms with E-state index in [0.29, 0.717) is 24.4 Å². The Kier molecular flexibility index (Phi) is 5.21. The molecular weight excluding hydrogens is 354 g/mol. The Morgan fingerprint density at radius 3 is 2.38 bits per heavy atom. The second-order valence-electron chi connectivity index (χ2n) is 5.71. The minimum absolute atomic E-state index is 0.147. The third kappa shape index (κ3) is 3.85. The number of carbonyl (C=O) groups excluding carboxylic acids is 1. The molecule has 0 unspecified atom stereocenters. The molecular formula is C18H17N3O4S. The van der Waals surface area contributed by atoms with Crippen LogP contribution >= 0.6 is 0 Å². The predicted octanol–water partition coefficient (Wildman–Crippen LogP) is 1.70. The Morgan fingerprint density at radius 2 is 1.81 bits per heavy atom. The van der Waals surface area contributed by atoms with Crippen LogP contribution in [0.2, 0.25) is 0 Å². The zero-order valence-corrected chi connectivity index (χ0v) is 14.7. The number of sulfonamides is 1. The van der Waals surface area contributed by atoms with Gasteiger partial charge in [0.15, 0.2) is 0 Å². The summed E-state index contributed by atoms with van der Waals surface area (Å²) in [6.07, 6.45) is 4.53. The zero-order valence-electron chi connectivity index (χ0n) is 13.9. The number of benzene rings is 1. The van der Waals surface area contributed by atoms with Crippen LogP contribution < -0.4 is 0 Å². The van der Waals surface area contributed by atoms with Gasteiger partial charge in [0.25, 0.3) is 0 Å². The molecule has 1 fully saturated rings. The van der Waals surface area contributed by atoms with Gasteiger partial charge in [-0.1, -0.05) is 0 Å². The first-order chi connectivity index (χ1) is 12.5.